The van der Waals surface area contributed by atoms with Crippen LogP contribution in [0.25, 0.3) is 10.1 Å². The number of nitrogen functional groups attached to an aromatic ring is 1. The van der Waals surface area contributed by atoms with Crippen LogP contribution in [0.4, 0.5) is 5.69 Å². The third-order valence-electron chi connectivity index (χ3n) is 3.53. The molecule has 3 rings (SSSR count). The summed E-state index contributed by atoms with van der Waals surface area (Å²) < 4.78 is 1.04. The first-order chi connectivity index (χ1) is 9.06. The van der Waals surface area contributed by atoms with Gasteiger partial charge >= 0.3 is 0 Å². The molecule has 0 bridgehead atoms. The minimum atomic E-state index is -0.401. The summed E-state index contributed by atoms with van der Waals surface area (Å²) in [7, 11) is 0. The quantitative estimate of drug-likeness (QED) is 0.837. The number of thiophene rings is 1. The van der Waals surface area contributed by atoms with Crippen LogP contribution in [0.15, 0.2) is 18.2 Å². The maximum atomic E-state index is 12.4. The lowest BCUT2D eigenvalue weighted by Gasteiger charge is -2.14. The largest absolute Gasteiger partial charge is 0.397 e. The van der Waals surface area contributed by atoms with Gasteiger partial charge in [0.1, 0.15) is 4.88 Å². The number of hydrogen-bond acceptors (Lipinski definition) is 4. The molecule has 1 atom stereocenters. The van der Waals surface area contributed by atoms with E-state index in [4.69, 9.17) is 5.73 Å². The molecule has 1 amide bonds. The molecule has 0 spiro atoms. The predicted molar refractivity (Wildman–Crippen MR) is 77.5 cm³/mol. The Bertz CT molecular complexity index is 650. The Morgan fingerprint density at radius 3 is 3.00 bits per heavy atom. The van der Waals surface area contributed by atoms with Gasteiger partial charge in [0.25, 0.3) is 5.91 Å². The lowest BCUT2D eigenvalue weighted by molar-refractivity contribution is 0.0770. The molecule has 1 aromatic heterocycles. The van der Waals surface area contributed by atoms with Crippen molar-refractivity contribution in [1.29, 1.82) is 0 Å². The van der Waals surface area contributed by atoms with E-state index in [1.807, 2.05) is 25.1 Å². The summed E-state index contributed by atoms with van der Waals surface area (Å²) in [6.45, 7) is 3.03. The molecule has 1 saturated heterocycles. The van der Waals surface area contributed by atoms with Crippen molar-refractivity contribution in [2.75, 3.05) is 18.8 Å². The molecule has 4 nitrogen and oxygen atoms in total. The molecule has 2 aromatic rings. The molecule has 2 heterocycles. The molecule has 1 aliphatic heterocycles. The van der Waals surface area contributed by atoms with Crippen LogP contribution < -0.4 is 5.73 Å². The standard InChI is InChI=1S/C14H16N2O2S/c1-8-2-3-10-11(6-8)19-13(12(10)15)14(18)16-5-4-9(17)7-16/h2-3,6,9,17H,4-5,7,15H2,1H3. The van der Waals surface area contributed by atoms with Crippen molar-refractivity contribution < 1.29 is 9.90 Å². The Morgan fingerprint density at radius 1 is 1.53 bits per heavy atom. The van der Waals surface area contributed by atoms with Crippen LogP contribution in [-0.4, -0.2) is 35.1 Å². The second-order valence-corrected chi connectivity index (χ2v) is 6.09. The van der Waals surface area contributed by atoms with Gasteiger partial charge in [0, 0.05) is 23.2 Å². The highest BCUT2D eigenvalue weighted by molar-refractivity contribution is 7.21. The van der Waals surface area contributed by atoms with Crippen LogP contribution in [-0.2, 0) is 0 Å². The van der Waals surface area contributed by atoms with Crippen LogP contribution >= 0.6 is 11.3 Å². The van der Waals surface area contributed by atoms with Gasteiger partial charge < -0.3 is 15.7 Å². The zero-order valence-corrected chi connectivity index (χ0v) is 11.5. The minimum Gasteiger partial charge on any atom is -0.397 e. The van der Waals surface area contributed by atoms with E-state index >= 15 is 0 Å². The van der Waals surface area contributed by atoms with Crippen molar-refractivity contribution in [2.24, 2.45) is 0 Å². The van der Waals surface area contributed by atoms with Gasteiger partial charge in [0.2, 0.25) is 0 Å². The maximum absolute atomic E-state index is 12.4. The van der Waals surface area contributed by atoms with Crippen LogP contribution in [0.1, 0.15) is 21.7 Å². The number of hydrogen-bond donors (Lipinski definition) is 2. The maximum Gasteiger partial charge on any atom is 0.266 e. The van der Waals surface area contributed by atoms with Gasteiger partial charge in [-0.15, -0.1) is 11.3 Å². The number of rotatable bonds is 1. The molecule has 1 aromatic carbocycles. The van der Waals surface area contributed by atoms with Gasteiger partial charge in [0.15, 0.2) is 0 Å². The third-order valence-corrected chi connectivity index (χ3v) is 4.69. The highest BCUT2D eigenvalue weighted by Crippen LogP contribution is 2.35. The fourth-order valence-corrected chi connectivity index (χ4v) is 3.64. The SMILES string of the molecule is Cc1ccc2c(N)c(C(=O)N3CCC(O)C3)sc2c1. The van der Waals surface area contributed by atoms with Gasteiger partial charge in [-0.05, 0) is 25.0 Å². The third kappa shape index (κ3) is 2.09. The van der Waals surface area contributed by atoms with Gasteiger partial charge in [-0.1, -0.05) is 12.1 Å². The topological polar surface area (TPSA) is 66.6 Å². The van der Waals surface area contributed by atoms with Crippen molar-refractivity contribution in [3.63, 3.8) is 0 Å². The Morgan fingerprint density at radius 2 is 2.32 bits per heavy atom. The van der Waals surface area contributed by atoms with E-state index in [9.17, 15) is 9.90 Å². The molecule has 0 saturated carbocycles. The molecular weight excluding hydrogens is 260 g/mol. The number of carbonyl (C=O) groups is 1. The van der Waals surface area contributed by atoms with E-state index < -0.39 is 6.10 Å². The fourth-order valence-electron chi connectivity index (χ4n) is 2.45. The number of nitrogens with zero attached hydrogens (tertiary/aromatic N) is 1. The molecule has 100 valence electrons. The van der Waals surface area contributed by atoms with Crippen molar-refractivity contribution in [1.82, 2.24) is 4.90 Å². The molecule has 1 unspecified atom stereocenters. The summed E-state index contributed by atoms with van der Waals surface area (Å²) in [6.07, 6.45) is 0.247. The fraction of sp³-hybridized carbons (Fsp3) is 0.357. The number of β-amino-alcohol motifs (C(OH)–C–C–N with tert-alkyl or cyclic N) is 1. The summed E-state index contributed by atoms with van der Waals surface area (Å²) in [5.74, 6) is -0.0621. The zero-order chi connectivity index (χ0) is 13.6. The van der Waals surface area contributed by atoms with E-state index in [1.54, 1.807) is 4.90 Å². The molecule has 0 aliphatic carbocycles. The van der Waals surface area contributed by atoms with Crippen molar-refractivity contribution in [2.45, 2.75) is 19.4 Å². The number of nitrogens with two attached hydrogens (primary N) is 1. The average Bonchev–Trinajstić information content (AvgIpc) is 2.93. The zero-order valence-electron chi connectivity index (χ0n) is 10.7. The number of aryl methyl sites for hydroxylation is 1. The van der Waals surface area contributed by atoms with Crippen molar-refractivity contribution in [3.05, 3.63) is 28.6 Å². The van der Waals surface area contributed by atoms with Crippen LogP contribution in [0.5, 0.6) is 0 Å². The second kappa shape index (κ2) is 4.51. The Labute approximate surface area is 115 Å². The van der Waals surface area contributed by atoms with E-state index in [2.05, 4.69) is 0 Å². The average molecular weight is 276 g/mol. The van der Waals surface area contributed by atoms with Gasteiger partial charge in [-0.3, -0.25) is 4.79 Å². The highest BCUT2D eigenvalue weighted by Gasteiger charge is 2.28. The van der Waals surface area contributed by atoms with E-state index in [1.165, 1.54) is 11.3 Å². The molecule has 1 fully saturated rings. The molecule has 0 radical (unpaired) electrons. The number of likely N-dealkylation sites (tertiary alicyclic amines) is 1. The number of amides is 1. The number of carbonyl (C=O) groups excluding carboxylic acids is 1. The van der Waals surface area contributed by atoms with Crippen LogP contribution in [0, 0.1) is 6.92 Å². The minimum absolute atomic E-state index is 0.0621. The van der Waals surface area contributed by atoms with Gasteiger partial charge in [0.05, 0.1) is 11.8 Å². The summed E-state index contributed by atoms with van der Waals surface area (Å²) >= 11 is 1.44. The van der Waals surface area contributed by atoms with Crippen LogP contribution in [0.2, 0.25) is 0 Å². The molecule has 5 heteroatoms. The normalized spacial score (nSPS) is 19.3. The highest BCUT2D eigenvalue weighted by atomic mass is 32.1. The Balaban J connectivity index is 2.00. The number of benzene rings is 1. The van der Waals surface area contributed by atoms with Gasteiger partial charge in [-0.25, -0.2) is 0 Å². The number of aliphatic hydroxyl groups excluding tert-OH is 1. The van der Waals surface area contributed by atoms with E-state index in [-0.39, 0.29) is 5.91 Å². The smallest absolute Gasteiger partial charge is 0.266 e. The summed E-state index contributed by atoms with van der Waals surface area (Å²) in [5, 5.41) is 10.5. The number of fused-ring (bicyclic) bond motifs is 1. The van der Waals surface area contributed by atoms with Crippen molar-refractivity contribution >= 4 is 33.0 Å². The number of aliphatic hydroxyl groups is 1. The lowest BCUT2D eigenvalue weighted by atomic mass is 10.1. The summed E-state index contributed by atoms with van der Waals surface area (Å²) in [5.41, 5.74) is 7.81. The first-order valence-electron chi connectivity index (χ1n) is 6.32. The summed E-state index contributed by atoms with van der Waals surface area (Å²) in [4.78, 5) is 14.7. The molecule has 19 heavy (non-hydrogen) atoms. The Hall–Kier alpha value is -1.59. The molecular formula is C14H16N2O2S. The Kier molecular flexibility index (Phi) is 2.95. The lowest BCUT2D eigenvalue weighted by Crippen LogP contribution is -2.29. The first kappa shape index (κ1) is 12.4. The number of anilines is 1. The van der Waals surface area contributed by atoms with E-state index in [0.717, 1.165) is 15.6 Å². The van der Waals surface area contributed by atoms with Crippen molar-refractivity contribution in [3.8, 4) is 0 Å². The monoisotopic (exact) mass is 276 g/mol. The predicted octanol–water partition coefficient (Wildman–Crippen LogP) is 2.00. The molecule has 3 N–H and O–H groups in total. The first-order valence-corrected chi connectivity index (χ1v) is 7.14. The summed E-state index contributed by atoms with van der Waals surface area (Å²) in [6, 6.07) is 6.01. The van der Waals surface area contributed by atoms with E-state index in [0.29, 0.717) is 30.1 Å². The van der Waals surface area contributed by atoms with Gasteiger partial charge in [-0.2, -0.15) is 0 Å². The molecule has 1 aliphatic rings. The second-order valence-electron chi connectivity index (χ2n) is 5.04. The van der Waals surface area contributed by atoms with Crippen LogP contribution in [0.3, 0.4) is 0 Å².